The molecule has 3 aromatic rings. The van der Waals surface area contributed by atoms with E-state index in [1.165, 1.54) is 13.2 Å². The van der Waals surface area contributed by atoms with Gasteiger partial charge in [-0.3, -0.25) is 9.52 Å². The Morgan fingerprint density at radius 3 is 2.21 bits per heavy atom. The van der Waals surface area contributed by atoms with Crippen molar-refractivity contribution in [2.24, 2.45) is 0 Å². The van der Waals surface area contributed by atoms with Crippen molar-refractivity contribution >= 4 is 27.3 Å². The average molecular weight is 410 g/mol. The predicted octanol–water partition coefficient (Wildman–Crippen LogP) is 4.37. The van der Waals surface area contributed by atoms with E-state index in [0.29, 0.717) is 22.7 Å². The summed E-state index contributed by atoms with van der Waals surface area (Å²) in [7, 11) is -2.46. The second kappa shape index (κ2) is 8.36. The lowest BCUT2D eigenvalue weighted by molar-refractivity contribution is 0.102. The molecular weight excluding hydrogens is 388 g/mol. The fourth-order valence-electron chi connectivity index (χ4n) is 2.87. The lowest BCUT2D eigenvalue weighted by atomic mass is 10.1. The Bertz CT molecular complexity index is 1160. The fourth-order valence-corrected chi connectivity index (χ4v) is 4.21. The lowest BCUT2D eigenvalue weighted by Crippen LogP contribution is -2.17. The number of carbonyl (C=O) groups excluding carboxylic acids is 1. The van der Waals surface area contributed by atoms with Crippen molar-refractivity contribution in [3.8, 4) is 5.75 Å². The summed E-state index contributed by atoms with van der Waals surface area (Å²) in [5.41, 5.74) is 2.69. The maximum absolute atomic E-state index is 13.0. The number of nitrogens with one attached hydrogen (secondary N) is 2. The number of anilines is 2. The summed E-state index contributed by atoms with van der Waals surface area (Å²) in [6.07, 6.45) is 0. The van der Waals surface area contributed by atoms with E-state index in [1.807, 2.05) is 25.1 Å². The molecule has 3 aromatic carbocycles. The van der Waals surface area contributed by atoms with E-state index in [2.05, 4.69) is 10.0 Å². The summed E-state index contributed by atoms with van der Waals surface area (Å²) in [6, 6.07) is 18.7. The number of sulfonamides is 1. The average Bonchev–Trinajstić information content (AvgIpc) is 2.70. The van der Waals surface area contributed by atoms with Crippen LogP contribution in [0.2, 0.25) is 0 Å². The Kier molecular flexibility index (Phi) is 5.89. The molecule has 0 atom stereocenters. The zero-order valence-electron chi connectivity index (χ0n) is 16.4. The molecular formula is C22H22N2O4S. The molecule has 2 N–H and O–H groups in total. The zero-order valence-corrected chi connectivity index (χ0v) is 17.2. The van der Waals surface area contributed by atoms with Gasteiger partial charge >= 0.3 is 0 Å². The van der Waals surface area contributed by atoms with Crippen LogP contribution < -0.4 is 14.8 Å². The zero-order chi connectivity index (χ0) is 21.0. The SMILES string of the molecule is COc1ccccc1NS(=O)(=O)c1cc(C(=O)Nc2ccccc2C)ccc1C. The molecule has 0 unspecified atom stereocenters. The summed E-state index contributed by atoms with van der Waals surface area (Å²) in [5, 5.41) is 2.82. The molecule has 0 aliphatic carbocycles. The van der Waals surface area contributed by atoms with Crippen LogP contribution in [0.25, 0.3) is 0 Å². The van der Waals surface area contributed by atoms with Crippen molar-refractivity contribution in [1.29, 1.82) is 0 Å². The van der Waals surface area contributed by atoms with Crippen molar-refractivity contribution in [2.45, 2.75) is 18.7 Å². The van der Waals surface area contributed by atoms with Crippen LogP contribution in [0.1, 0.15) is 21.5 Å². The van der Waals surface area contributed by atoms with Crippen LogP contribution in [0, 0.1) is 13.8 Å². The molecule has 0 fully saturated rings. The van der Waals surface area contributed by atoms with Gasteiger partial charge in [0.1, 0.15) is 5.75 Å². The first kappa shape index (κ1) is 20.4. The monoisotopic (exact) mass is 410 g/mol. The Balaban J connectivity index is 1.92. The number of rotatable bonds is 6. The molecule has 0 aliphatic heterocycles. The molecule has 3 rings (SSSR count). The smallest absolute Gasteiger partial charge is 0.262 e. The van der Waals surface area contributed by atoms with Crippen LogP contribution in [-0.4, -0.2) is 21.4 Å². The van der Waals surface area contributed by atoms with Gasteiger partial charge in [-0.25, -0.2) is 8.42 Å². The standard InChI is InChI=1S/C22H22N2O4S/c1-15-8-4-5-9-18(15)23-22(25)17-13-12-16(2)21(14-17)29(26,27)24-19-10-6-7-11-20(19)28-3/h4-14,24H,1-3H3,(H,23,25). The Morgan fingerprint density at radius 2 is 1.52 bits per heavy atom. The summed E-state index contributed by atoms with van der Waals surface area (Å²) in [4.78, 5) is 12.7. The molecule has 1 amide bonds. The molecule has 0 bridgehead atoms. The summed E-state index contributed by atoms with van der Waals surface area (Å²) >= 11 is 0. The van der Waals surface area contributed by atoms with Gasteiger partial charge in [0.15, 0.2) is 0 Å². The number of carbonyl (C=O) groups is 1. The van der Waals surface area contributed by atoms with Crippen molar-refractivity contribution < 1.29 is 17.9 Å². The molecule has 0 aromatic heterocycles. The van der Waals surface area contributed by atoms with Crippen LogP contribution in [0.4, 0.5) is 11.4 Å². The highest BCUT2D eigenvalue weighted by Crippen LogP contribution is 2.27. The molecule has 0 radical (unpaired) electrons. The summed E-state index contributed by atoms with van der Waals surface area (Å²) < 4.78 is 33.7. The van der Waals surface area contributed by atoms with E-state index in [9.17, 15) is 13.2 Å². The largest absolute Gasteiger partial charge is 0.495 e. The number of amides is 1. The van der Waals surface area contributed by atoms with Gasteiger partial charge in [0, 0.05) is 11.3 Å². The number of para-hydroxylation sites is 3. The number of hydrogen-bond donors (Lipinski definition) is 2. The van der Waals surface area contributed by atoms with E-state index >= 15 is 0 Å². The third-order valence-electron chi connectivity index (χ3n) is 4.48. The second-order valence-electron chi connectivity index (χ2n) is 6.56. The minimum atomic E-state index is -3.92. The van der Waals surface area contributed by atoms with Crippen LogP contribution in [0.15, 0.2) is 71.6 Å². The molecule has 29 heavy (non-hydrogen) atoms. The van der Waals surface area contributed by atoms with Crippen molar-refractivity contribution in [1.82, 2.24) is 0 Å². The first-order valence-corrected chi connectivity index (χ1v) is 10.4. The van der Waals surface area contributed by atoms with Crippen molar-refractivity contribution in [2.75, 3.05) is 17.1 Å². The highest BCUT2D eigenvalue weighted by atomic mass is 32.2. The third kappa shape index (κ3) is 4.57. The Labute approximate surface area is 170 Å². The van der Waals surface area contributed by atoms with Crippen molar-refractivity contribution in [3.05, 3.63) is 83.4 Å². The van der Waals surface area contributed by atoms with Gasteiger partial charge < -0.3 is 10.1 Å². The Morgan fingerprint density at radius 1 is 0.862 bits per heavy atom. The van der Waals surface area contributed by atoms with Gasteiger partial charge in [-0.1, -0.05) is 36.4 Å². The van der Waals surface area contributed by atoms with Crippen LogP contribution in [-0.2, 0) is 10.0 Å². The molecule has 7 heteroatoms. The van der Waals surface area contributed by atoms with E-state index in [-0.39, 0.29) is 16.4 Å². The fraction of sp³-hybridized carbons (Fsp3) is 0.136. The second-order valence-corrected chi connectivity index (χ2v) is 8.21. The quantitative estimate of drug-likeness (QED) is 0.632. The Hall–Kier alpha value is -3.32. The highest BCUT2D eigenvalue weighted by Gasteiger charge is 2.21. The predicted molar refractivity (Wildman–Crippen MR) is 114 cm³/mol. The maximum atomic E-state index is 13.0. The first-order chi connectivity index (χ1) is 13.8. The van der Waals surface area contributed by atoms with Gasteiger partial charge in [0.25, 0.3) is 15.9 Å². The molecule has 6 nitrogen and oxygen atoms in total. The molecule has 0 spiro atoms. The molecule has 150 valence electrons. The minimum Gasteiger partial charge on any atom is -0.495 e. The molecule has 0 saturated carbocycles. The van der Waals surface area contributed by atoms with E-state index in [0.717, 1.165) is 5.56 Å². The van der Waals surface area contributed by atoms with Gasteiger partial charge in [-0.2, -0.15) is 0 Å². The maximum Gasteiger partial charge on any atom is 0.262 e. The summed E-state index contributed by atoms with van der Waals surface area (Å²) in [6.45, 7) is 3.57. The van der Waals surface area contributed by atoms with Crippen molar-refractivity contribution in [3.63, 3.8) is 0 Å². The number of methoxy groups -OCH3 is 1. The normalized spacial score (nSPS) is 11.0. The van der Waals surface area contributed by atoms with Gasteiger partial charge in [-0.15, -0.1) is 0 Å². The lowest BCUT2D eigenvalue weighted by Gasteiger charge is -2.14. The minimum absolute atomic E-state index is 0.0286. The molecule has 0 aliphatic rings. The first-order valence-electron chi connectivity index (χ1n) is 8.95. The van der Waals surface area contributed by atoms with E-state index < -0.39 is 10.0 Å². The molecule has 0 heterocycles. The van der Waals surface area contributed by atoms with E-state index in [1.54, 1.807) is 49.4 Å². The third-order valence-corrected chi connectivity index (χ3v) is 5.99. The van der Waals surface area contributed by atoms with Crippen LogP contribution in [0.3, 0.4) is 0 Å². The number of benzene rings is 3. The number of hydrogen-bond acceptors (Lipinski definition) is 4. The van der Waals surface area contributed by atoms with Gasteiger partial charge in [0.2, 0.25) is 0 Å². The highest BCUT2D eigenvalue weighted by molar-refractivity contribution is 7.92. The summed E-state index contributed by atoms with van der Waals surface area (Å²) in [5.74, 6) is 0.0234. The van der Waals surface area contributed by atoms with Crippen LogP contribution in [0.5, 0.6) is 5.75 Å². The van der Waals surface area contributed by atoms with Gasteiger partial charge in [0.05, 0.1) is 17.7 Å². The molecule has 0 saturated heterocycles. The number of aryl methyl sites for hydroxylation is 2. The van der Waals surface area contributed by atoms with E-state index in [4.69, 9.17) is 4.74 Å². The number of ether oxygens (including phenoxy) is 1. The van der Waals surface area contributed by atoms with Gasteiger partial charge in [-0.05, 0) is 55.3 Å². The topological polar surface area (TPSA) is 84.5 Å². The van der Waals surface area contributed by atoms with Crippen LogP contribution >= 0.6 is 0 Å².